The van der Waals surface area contributed by atoms with Crippen molar-refractivity contribution in [3.63, 3.8) is 0 Å². The molecule has 1 aliphatic heterocycles. The smallest absolute Gasteiger partial charge is 0.316 e. The number of hydrogen-bond acceptors (Lipinski definition) is 7. The van der Waals surface area contributed by atoms with Gasteiger partial charge in [-0.1, -0.05) is 0 Å². The Kier molecular flexibility index (Phi) is 5.61. The fourth-order valence-corrected chi connectivity index (χ4v) is 4.04. The lowest BCUT2D eigenvalue weighted by molar-refractivity contribution is -0.145. The molecule has 1 saturated heterocycles. The third-order valence-electron chi connectivity index (χ3n) is 3.43. The van der Waals surface area contributed by atoms with Crippen molar-refractivity contribution in [2.24, 2.45) is 0 Å². The van der Waals surface area contributed by atoms with Gasteiger partial charge in [0, 0.05) is 32.1 Å². The number of sulfone groups is 1. The second kappa shape index (κ2) is 7.47. The SMILES string of the molecule is COCCN(C(=O)C(=O)Nc1ncccn1)C1CCS(=O)(=O)C1. The molecule has 0 spiro atoms. The molecule has 2 heterocycles. The highest BCUT2D eigenvalue weighted by atomic mass is 32.2. The van der Waals surface area contributed by atoms with Crippen molar-refractivity contribution < 1.29 is 22.7 Å². The number of ether oxygens (including phenoxy) is 1. The topological polar surface area (TPSA) is 119 Å². The lowest BCUT2D eigenvalue weighted by atomic mass is 10.2. The first-order chi connectivity index (χ1) is 10.9. The lowest BCUT2D eigenvalue weighted by Crippen LogP contribution is -2.48. The third kappa shape index (κ3) is 4.70. The maximum absolute atomic E-state index is 12.4. The molecular weight excluding hydrogens is 324 g/mol. The van der Waals surface area contributed by atoms with Gasteiger partial charge in [0.1, 0.15) is 0 Å². The molecule has 1 aromatic heterocycles. The monoisotopic (exact) mass is 342 g/mol. The van der Waals surface area contributed by atoms with Gasteiger partial charge in [-0.2, -0.15) is 0 Å². The van der Waals surface area contributed by atoms with Crippen LogP contribution >= 0.6 is 0 Å². The summed E-state index contributed by atoms with van der Waals surface area (Å²) in [6.07, 6.45) is 3.17. The molecular formula is C13H18N4O5S. The van der Waals surface area contributed by atoms with Crippen molar-refractivity contribution in [3.05, 3.63) is 18.5 Å². The van der Waals surface area contributed by atoms with Crippen LogP contribution in [0.3, 0.4) is 0 Å². The van der Waals surface area contributed by atoms with Crippen molar-refractivity contribution in [1.29, 1.82) is 0 Å². The zero-order chi connectivity index (χ0) is 16.9. The fourth-order valence-electron chi connectivity index (χ4n) is 2.31. The molecule has 1 atom stereocenters. The van der Waals surface area contributed by atoms with Gasteiger partial charge in [-0.05, 0) is 12.5 Å². The zero-order valence-corrected chi connectivity index (χ0v) is 13.5. The van der Waals surface area contributed by atoms with Crippen LogP contribution in [0, 0.1) is 0 Å². The number of nitrogens with zero attached hydrogens (tertiary/aromatic N) is 3. The van der Waals surface area contributed by atoms with Crippen molar-refractivity contribution in [2.75, 3.05) is 37.1 Å². The van der Waals surface area contributed by atoms with Gasteiger partial charge in [-0.3, -0.25) is 14.9 Å². The minimum atomic E-state index is -3.17. The van der Waals surface area contributed by atoms with Gasteiger partial charge in [0.15, 0.2) is 9.84 Å². The molecule has 0 aromatic carbocycles. The highest BCUT2D eigenvalue weighted by Gasteiger charge is 2.36. The number of nitrogens with one attached hydrogen (secondary N) is 1. The van der Waals surface area contributed by atoms with Gasteiger partial charge < -0.3 is 9.64 Å². The molecule has 2 amide bonds. The first-order valence-electron chi connectivity index (χ1n) is 7.01. The number of anilines is 1. The van der Waals surface area contributed by atoms with E-state index >= 15 is 0 Å². The summed E-state index contributed by atoms with van der Waals surface area (Å²) in [6.45, 7) is 0.343. The van der Waals surface area contributed by atoms with E-state index < -0.39 is 27.7 Å². The van der Waals surface area contributed by atoms with Crippen LogP contribution in [0.5, 0.6) is 0 Å². The molecule has 1 fully saturated rings. The lowest BCUT2D eigenvalue weighted by Gasteiger charge is -2.27. The van der Waals surface area contributed by atoms with Crippen LogP contribution in [0.15, 0.2) is 18.5 Å². The van der Waals surface area contributed by atoms with Crippen molar-refractivity contribution in [2.45, 2.75) is 12.5 Å². The Morgan fingerprint density at radius 3 is 2.65 bits per heavy atom. The molecule has 1 N–H and O–H groups in total. The predicted molar refractivity (Wildman–Crippen MR) is 81.3 cm³/mol. The molecule has 1 aliphatic rings. The van der Waals surface area contributed by atoms with Crippen LogP contribution in [0.2, 0.25) is 0 Å². The number of carbonyl (C=O) groups excluding carboxylic acids is 2. The Morgan fingerprint density at radius 1 is 1.39 bits per heavy atom. The second-order valence-corrected chi connectivity index (χ2v) is 7.30. The quantitative estimate of drug-likeness (QED) is 0.687. The number of hydrogen-bond donors (Lipinski definition) is 1. The molecule has 2 rings (SSSR count). The summed E-state index contributed by atoms with van der Waals surface area (Å²) in [5.74, 6) is -1.85. The highest BCUT2D eigenvalue weighted by molar-refractivity contribution is 7.91. The summed E-state index contributed by atoms with van der Waals surface area (Å²) in [4.78, 5) is 33.3. The average molecular weight is 342 g/mol. The van der Waals surface area contributed by atoms with Crippen molar-refractivity contribution in [1.82, 2.24) is 14.9 Å². The van der Waals surface area contributed by atoms with Crippen LogP contribution in [0.25, 0.3) is 0 Å². The largest absolute Gasteiger partial charge is 0.383 e. The zero-order valence-electron chi connectivity index (χ0n) is 12.6. The second-order valence-electron chi connectivity index (χ2n) is 5.07. The molecule has 126 valence electrons. The predicted octanol–water partition coefficient (Wildman–Crippen LogP) is -0.923. The minimum absolute atomic E-state index is 0.0107. The molecule has 1 unspecified atom stereocenters. The fraction of sp³-hybridized carbons (Fsp3) is 0.538. The number of methoxy groups -OCH3 is 1. The van der Waals surface area contributed by atoms with Crippen molar-refractivity contribution >= 4 is 27.6 Å². The summed E-state index contributed by atoms with van der Waals surface area (Å²) >= 11 is 0. The summed E-state index contributed by atoms with van der Waals surface area (Å²) in [7, 11) is -1.71. The Balaban J connectivity index is 2.08. The minimum Gasteiger partial charge on any atom is -0.383 e. The molecule has 0 radical (unpaired) electrons. The molecule has 9 nitrogen and oxygen atoms in total. The van der Waals surface area contributed by atoms with Crippen LogP contribution in [-0.4, -0.2) is 72.9 Å². The summed E-state index contributed by atoms with van der Waals surface area (Å²) in [5.41, 5.74) is 0. The van der Waals surface area contributed by atoms with E-state index in [0.29, 0.717) is 6.42 Å². The first-order valence-corrected chi connectivity index (χ1v) is 8.83. The van der Waals surface area contributed by atoms with Gasteiger partial charge in [0.25, 0.3) is 0 Å². The molecule has 0 saturated carbocycles. The van der Waals surface area contributed by atoms with E-state index in [0.717, 1.165) is 0 Å². The standard InChI is InChI=1S/C13H18N4O5S/c1-22-7-6-17(10-3-8-23(20,21)9-10)12(19)11(18)16-13-14-4-2-5-15-13/h2,4-5,10H,3,6-9H2,1H3,(H,14,15,16,18). The highest BCUT2D eigenvalue weighted by Crippen LogP contribution is 2.18. The van der Waals surface area contributed by atoms with Gasteiger partial charge >= 0.3 is 11.8 Å². The van der Waals surface area contributed by atoms with Crippen LogP contribution < -0.4 is 5.32 Å². The van der Waals surface area contributed by atoms with Gasteiger partial charge in [0.2, 0.25) is 5.95 Å². The summed E-state index contributed by atoms with van der Waals surface area (Å²) in [5, 5.41) is 2.30. The Labute approximate surface area is 134 Å². The van der Waals surface area contributed by atoms with Crippen molar-refractivity contribution in [3.8, 4) is 0 Å². The Hall–Kier alpha value is -2.07. The molecule has 1 aromatic rings. The van der Waals surface area contributed by atoms with E-state index in [1.54, 1.807) is 6.07 Å². The summed E-state index contributed by atoms with van der Waals surface area (Å²) < 4.78 is 28.2. The van der Waals surface area contributed by atoms with E-state index in [2.05, 4.69) is 15.3 Å². The molecule has 0 aliphatic carbocycles. The van der Waals surface area contributed by atoms with Gasteiger partial charge in [-0.25, -0.2) is 18.4 Å². The van der Waals surface area contributed by atoms with E-state index in [1.807, 2.05) is 0 Å². The van der Waals surface area contributed by atoms with Crippen LogP contribution in [0.4, 0.5) is 5.95 Å². The van der Waals surface area contributed by atoms with Crippen LogP contribution in [-0.2, 0) is 24.2 Å². The normalized spacial score (nSPS) is 19.3. The number of aromatic nitrogens is 2. The van der Waals surface area contributed by atoms with E-state index in [9.17, 15) is 18.0 Å². The number of carbonyl (C=O) groups is 2. The maximum atomic E-state index is 12.4. The van der Waals surface area contributed by atoms with E-state index in [1.165, 1.54) is 24.4 Å². The van der Waals surface area contributed by atoms with Gasteiger partial charge in [-0.15, -0.1) is 0 Å². The van der Waals surface area contributed by atoms with Gasteiger partial charge in [0.05, 0.1) is 18.1 Å². The molecule has 10 heteroatoms. The maximum Gasteiger partial charge on any atom is 0.316 e. The Morgan fingerprint density at radius 2 is 2.09 bits per heavy atom. The average Bonchev–Trinajstić information content (AvgIpc) is 2.88. The molecule has 23 heavy (non-hydrogen) atoms. The number of amides is 2. The molecule has 0 bridgehead atoms. The van der Waals surface area contributed by atoms with Crippen LogP contribution in [0.1, 0.15) is 6.42 Å². The number of rotatable bonds is 5. The third-order valence-corrected chi connectivity index (χ3v) is 5.18. The Bertz CT molecular complexity index is 664. The van der Waals surface area contributed by atoms with E-state index in [-0.39, 0.29) is 30.6 Å². The first kappa shape index (κ1) is 17.3. The van der Waals surface area contributed by atoms with E-state index in [4.69, 9.17) is 4.74 Å². The summed E-state index contributed by atoms with van der Waals surface area (Å²) in [6, 6.07) is 1.05.